The topological polar surface area (TPSA) is 93.4 Å². The van der Waals surface area contributed by atoms with E-state index in [2.05, 4.69) is 11.4 Å². The molecule has 2 N–H and O–H groups in total. The summed E-state index contributed by atoms with van der Waals surface area (Å²) in [6.45, 7) is 0.162. The Bertz CT molecular complexity index is 1060. The lowest BCUT2D eigenvalue weighted by Gasteiger charge is -2.29. The third-order valence-corrected chi connectivity index (χ3v) is 7.05. The second-order valence-corrected chi connectivity index (χ2v) is 9.02. The summed E-state index contributed by atoms with van der Waals surface area (Å²) in [6.07, 6.45) is 1.79. The molecule has 3 aliphatic rings. The van der Waals surface area contributed by atoms with Gasteiger partial charge < -0.3 is 15.3 Å². The van der Waals surface area contributed by atoms with Crippen LogP contribution >= 0.6 is 0 Å². The van der Waals surface area contributed by atoms with Crippen molar-refractivity contribution >= 4 is 17.5 Å². The number of fused-ring (bicyclic) bond motifs is 2. The van der Waals surface area contributed by atoms with Gasteiger partial charge in [-0.25, -0.2) is 0 Å². The van der Waals surface area contributed by atoms with Crippen molar-refractivity contribution in [1.82, 2.24) is 4.90 Å². The van der Waals surface area contributed by atoms with Gasteiger partial charge in [0.2, 0.25) is 11.8 Å². The Labute approximate surface area is 181 Å². The fraction of sp³-hybridized carbons (Fsp3) is 0.400. The van der Waals surface area contributed by atoms with E-state index in [9.17, 15) is 20.0 Å². The smallest absolute Gasteiger partial charge is 0.237 e. The number of rotatable bonds is 5. The van der Waals surface area contributed by atoms with E-state index in [1.807, 2.05) is 54.6 Å². The second kappa shape index (κ2) is 7.51. The lowest BCUT2D eigenvalue weighted by Crippen LogP contribution is -2.46. The average molecular weight is 415 g/mol. The number of likely N-dealkylation sites (tertiary alicyclic amines) is 1. The minimum atomic E-state index is -0.908. The number of aliphatic hydroxyl groups excluding tert-OH is 1. The summed E-state index contributed by atoms with van der Waals surface area (Å²) >= 11 is 0. The number of nitriles is 1. The maximum Gasteiger partial charge on any atom is 0.237 e. The maximum absolute atomic E-state index is 13.7. The minimum absolute atomic E-state index is 0.130. The van der Waals surface area contributed by atoms with Gasteiger partial charge in [0.25, 0.3) is 0 Å². The van der Waals surface area contributed by atoms with Crippen molar-refractivity contribution in [2.24, 2.45) is 11.8 Å². The summed E-state index contributed by atoms with van der Waals surface area (Å²) in [4.78, 5) is 28.3. The molecule has 6 heteroatoms. The van der Waals surface area contributed by atoms with Crippen LogP contribution in [0.15, 0.2) is 54.6 Å². The van der Waals surface area contributed by atoms with E-state index in [0.29, 0.717) is 6.42 Å². The maximum atomic E-state index is 13.7. The van der Waals surface area contributed by atoms with E-state index in [0.717, 1.165) is 29.7 Å². The number of carbonyl (C=O) groups is 2. The zero-order chi connectivity index (χ0) is 21.6. The van der Waals surface area contributed by atoms with E-state index in [1.54, 1.807) is 4.90 Å². The standard InChI is InChI=1S/C25H25N3O3/c26-14-18-13-25(20-8-4-5-9-21(20)27-24(25)31)15-28(18)23(30)19(22(29)17-10-11-17)12-16-6-2-1-3-7-16/h1-9,17-19,22,29H,10-13,15H2,(H,27,31)/t18-,19?,22?,25-/m0/s1. The van der Waals surface area contributed by atoms with Gasteiger partial charge in [-0.15, -0.1) is 0 Å². The van der Waals surface area contributed by atoms with E-state index in [4.69, 9.17) is 0 Å². The Morgan fingerprint density at radius 3 is 2.61 bits per heavy atom. The summed E-state index contributed by atoms with van der Waals surface area (Å²) in [5, 5.41) is 23.7. The van der Waals surface area contributed by atoms with Gasteiger partial charge in [-0.3, -0.25) is 9.59 Å². The number of aliphatic hydroxyl groups is 1. The first-order chi connectivity index (χ1) is 15.0. The SMILES string of the molecule is N#C[C@@H]1C[C@@]2(CN1C(=O)C(Cc1ccccc1)C(O)C1CC1)C(=O)Nc1ccccc12. The monoisotopic (exact) mass is 415 g/mol. The van der Waals surface area contributed by atoms with Gasteiger partial charge in [0.15, 0.2) is 0 Å². The molecule has 0 aromatic heterocycles. The zero-order valence-electron chi connectivity index (χ0n) is 17.2. The van der Waals surface area contributed by atoms with E-state index in [-0.39, 0.29) is 30.7 Å². The predicted molar refractivity (Wildman–Crippen MR) is 115 cm³/mol. The molecule has 2 aromatic carbocycles. The molecule has 2 unspecified atom stereocenters. The van der Waals surface area contributed by atoms with E-state index in [1.165, 1.54) is 0 Å². The third-order valence-electron chi connectivity index (χ3n) is 7.05. The molecule has 0 radical (unpaired) electrons. The average Bonchev–Trinajstić information content (AvgIpc) is 3.52. The highest BCUT2D eigenvalue weighted by Crippen LogP contribution is 2.47. The molecule has 1 aliphatic carbocycles. The van der Waals surface area contributed by atoms with E-state index >= 15 is 0 Å². The first-order valence-electron chi connectivity index (χ1n) is 10.9. The molecule has 2 amide bonds. The fourth-order valence-electron chi connectivity index (χ4n) is 5.19. The number of nitrogens with one attached hydrogen (secondary N) is 1. The minimum Gasteiger partial charge on any atom is -0.392 e. The molecule has 1 saturated carbocycles. The van der Waals surface area contributed by atoms with Crippen LogP contribution in [0.1, 0.15) is 30.4 Å². The van der Waals surface area contributed by atoms with Crippen molar-refractivity contribution in [2.75, 3.05) is 11.9 Å². The molecule has 2 aliphatic heterocycles. The van der Waals surface area contributed by atoms with Crippen LogP contribution in [-0.2, 0) is 21.4 Å². The third kappa shape index (κ3) is 3.30. The van der Waals surface area contributed by atoms with Crippen LogP contribution in [0, 0.1) is 23.2 Å². The first kappa shape index (κ1) is 19.8. The first-order valence-corrected chi connectivity index (χ1v) is 10.9. The van der Waals surface area contributed by atoms with Crippen molar-refractivity contribution in [3.05, 3.63) is 65.7 Å². The molecular formula is C25H25N3O3. The largest absolute Gasteiger partial charge is 0.392 e. The number of amides is 2. The van der Waals surface area contributed by atoms with Crippen molar-refractivity contribution in [1.29, 1.82) is 5.26 Å². The molecule has 4 atom stereocenters. The van der Waals surface area contributed by atoms with Gasteiger partial charge in [0.1, 0.15) is 6.04 Å². The van der Waals surface area contributed by atoms with Crippen LogP contribution in [-0.4, -0.2) is 40.5 Å². The zero-order valence-corrected chi connectivity index (χ0v) is 17.2. The van der Waals surface area contributed by atoms with Crippen LogP contribution in [0.2, 0.25) is 0 Å². The normalized spacial score (nSPS) is 26.3. The molecule has 31 heavy (non-hydrogen) atoms. The second-order valence-electron chi connectivity index (χ2n) is 9.02. The van der Waals surface area contributed by atoms with Crippen molar-refractivity contribution < 1.29 is 14.7 Å². The van der Waals surface area contributed by atoms with Crippen LogP contribution in [0.5, 0.6) is 0 Å². The number of anilines is 1. The molecule has 2 heterocycles. The van der Waals surface area contributed by atoms with Crippen LogP contribution < -0.4 is 5.32 Å². The Morgan fingerprint density at radius 1 is 1.19 bits per heavy atom. The predicted octanol–water partition coefficient (Wildman–Crippen LogP) is 2.63. The molecular weight excluding hydrogens is 390 g/mol. The summed E-state index contributed by atoms with van der Waals surface area (Å²) < 4.78 is 0. The lowest BCUT2D eigenvalue weighted by molar-refractivity contribution is -0.140. The number of hydrogen-bond acceptors (Lipinski definition) is 4. The van der Waals surface area contributed by atoms with Gasteiger partial charge in [-0.05, 0) is 42.4 Å². The summed E-state index contributed by atoms with van der Waals surface area (Å²) in [7, 11) is 0. The van der Waals surface area contributed by atoms with Gasteiger partial charge in [0.05, 0.1) is 23.5 Å². The van der Waals surface area contributed by atoms with Crippen molar-refractivity contribution in [3.63, 3.8) is 0 Å². The number of nitrogens with zero attached hydrogens (tertiary/aromatic N) is 2. The summed E-state index contributed by atoms with van der Waals surface area (Å²) in [5.74, 6) is -0.888. The number of para-hydroxylation sites is 1. The van der Waals surface area contributed by atoms with Gasteiger partial charge in [-0.1, -0.05) is 48.5 Å². The van der Waals surface area contributed by atoms with Crippen molar-refractivity contribution in [3.8, 4) is 6.07 Å². The van der Waals surface area contributed by atoms with Gasteiger partial charge in [-0.2, -0.15) is 5.26 Å². The van der Waals surface area contributed by atoms with Crippen LogP contribution in [0.3, 0.4) is 0 Å². The molecule has 2 fully saturated rings. The molecule has 1 saturated heterocycles. The molecule has 2 aromatic rings. The Morgan fingerprint density at radius 2 is 1.90 bits per heavy atom. The molecule has 0 bridgehead atoms. The molecule has 1 spiro atoms. The Kier molecular flexibility index (Phi) is 4.79. The highest BCUT2D eigenvalue weighted by atomic mass is 16.3. The summed E-state index contributed by atoms with van der Waals surface area (Å²) in [6, 6.07) is 18.7. The van der Waals surface area contributed by atoms with Gasteiger partial charge in [0, 0.05) is 18.7 Å². The Hall–Kier alpha value is -3.17. The van der Waals surface area contributed by atoms with E-state index < -0.39 is 23.5 Å². The molecule has 6 nitrogen and oxygen atoms in total. The number of hydrogen-bond donors (Lipinski definition) is 2. The summed E-state index contributed by atoms with van der Waals surface area (Å²) in [5.41, 5.74) is 1.66. The highest BCUT2D eigenvalue weighted by molar-refractivity contribution is 6.07. The fourth-order valence-corrected chi connectivity index (χ4v) is 5.19. The molecule has 5 rings (SSSR count). The number of carbonyl (C=O) groups excluding carboxylic acids is 2. The van der Waals surface area contributed by atoms with Crippen molar-refractivity contribution in [2.45, 2.75) is 43.2 Å². The van der Waals surface area contributed by atoms with Gasteiger partial charge >= 0.3 is 0 Å². The molecule has 158 valence electrons. The van der Waals surface area contributed by atoms with Crippen LogP contribution in [0.25, 0.3) is 0 Å². The highest BCUT2D eigenvalue weighted by Gasteiger charge is 2.57. The Balaban J connectivity index is 1.46. The quantitative estimate of drug-likeness (QED) is 0.785. The lowest BCUT2D eigenvalue weighted by atomic mass is 9.80. The van der Waals surface area contributed by atoms with Crippen LogP contribution in [0.4, 0.5) is 5.69 Å². The number of benzene rings is 2.